The average molecular weight is 171 g/mol. The minimum absolute atomic E-state index is 0.502. The third-order valence-electron chi connectivity index (χ3n) is 1.39. The van der Waals surface area contributed by atoms with E-state index in [1.54, 1.807) is 0 Å². The van der Waals surface area contributed by atoms with Crippen LogP contribution >= 0.6 is 0 Å². The van der Waals surface area contributed by atoms with Crippen LogP contribution in [0.5, 0.6) is 0 Å². The van der Waals surface area contributed by atoms with Crippen molar-refractivity contribution in [2.45, 2.75) is 0 Å². The number of hydrogen-bond donors (Lipinski definition) is 4. The lowest BCUT2D eigenvalue weighted by atomic mass is 10.6. The van der Waals surface area contributed by atoms with E-state index in [2.05, 4.69) is 20.9 Å². The summed E-state index contributed by atoms with van der Waals surface area (Å²) in [5, 5.41) is 8.51. The van der Waals surface area contributed by atoms with Gasteiger partial charge in [0, 0.05) is 19.6 Å². The Morgan fingerprint density at radius 2 is 2.50 bits per heavy atom. The minimum atomic E-state index is -0.502. The summed E-state index contributed by atoms with van der Waals surface area (Å²) < 4.78 is 0. The highest BCUT2D eigenvalue weighted by Crippen LogP contribution is 1.79. The summed E-state index contributed by atoms with van der Waals surface area (Å²) in [5.74, 6) is 0.793. The molecule has 6 heteroatoms. The molecule has 1 aliphatic heterocycles. The van der Waals surface area contributed by atoms with Crippen molar-refractivity contribution in [3.63, 3.8) is 0 Å². The lowest BCUT2D eigenvalue weighted by molar-refractivity contribution is 0.249. The van der Waals surface area contributed by atoms with Crippen LogP contribution in [-0.4, -0.2) is 38.2 Å². The van der Waals surface area contributed by atoms with Gasteiger partial charge in [-0.1, -0.05) is 0 Å². The van der Waals surface area contributed by atoms with Crippen molar-refractivity contribution < 1.29 is 4.79 Å². The van der Waals surface area contributed by atoms with Gasteiger partial charge in [-0.25, -0.2) is 4.79 Å². The molecule has 5 N–H and O–H groups in total. The Balaban J connectivity index is 1.98. The summed E-state index contributed by atoms with van der Waals surface area (Å²) in [6, 6.07) is -0.502. The van der Waals surface area contributed by atoms with E-state index in [0.717, 1.165) is 19.0 Å². The van der Waals surface area contributed by atoms with Gasteiger partial charge in [0.05, 0.1) is 6.54 Å². The highest BCUT2D eigenvalue weighted by molar-refractivity contribution is 5.81. The Hall–Kier alpha value is -1.46. The number of amides is 2. The van der Waals surface area contributed by atoms with Gasteiger partial charge in [-0.3, -0.25) is 4.99 Å². The van der Waals surface area contributed by atoms with Crippen LogP contribution in [-0.2, 0) is 0 Å². The molecule has 0 saturated carbocycles. The summed E-state index contributed by atoms with van der Waals surface area (Å²) in [7, 11) is 0. The molecular formula is C6H13N5O. The summed E-state index contributed by atoms with van der Waals surface area (Å²) in [6.45, 7) is 2.84. The van der Waals surface area contributed by atoms with Gasteiger partial charge < -0.3 is 21.7 Å². The van der Waals surface area contributed by atoms with Gasteiger partial charge in [-0.15, -0.1) is 0 Å². The van der Waals surface area contributed by atoms with Crippen molar-refractivity contribution in [1.29, 1.82) is 0 Å². The summed E-state index contributed by atoms with van der Waals surface area (Å²) >= 11 is 0. The molecule has 0 unspecified atom stereocenters. The second kappa shape index (κ2) is 4.42. The van der Waals surface area contributed by atoms with Crippen molar-refractivity contribution in [1.82, 2.24) is 16.0 Å². The molecule has 0 aliphatic carbocycles. The summed E-state index contributed by atoms with van der Waals surface area (Å²) in [4.78, 5) is 14.3. The van der Waals surface area contributed by atoms with Crippen LogP contribution < -0.4 is 21.7 Å². The van der Waals surface area contributed by atoms with E-state index in [1.165, 1.54) is 0 Å². The van der Waals surface area contributed by atoms with Crippen LogP contribution in [0.4, 0.5) is 4.79 Å². The van der Waals surface area contributed by atoms with Gasteiger partial charge in [-0.2, -0.15) is 0 Å². The molecular weight excluding hydrogens is 158 g/mol. The number of guanidine groups is 1. The molecule has 12 heavy (non-hydrogen) atoms. The van der Waals surface area contributed by atoms with Crippen LogP contribution in [0.25, 0.3) is 0 Å². The molecule has 0 radical (unpaired) electrons. The fourth-order valence-corrected chi connectivity index (χ4v) is 0.883. The number of nitrogens with zero attached hydrogens (tertiary/aromatic N) is 1. The third kappa shape index (κ3) is 3.09. The molecule has 0 saturated heterocycles. The summed E-state index contributed by atoms with van der Waals surface area (Å²) in [6.07, 6.45) is 0. The molecule has 0 aromatic rings. The SMILES string of the molecule is NC(=O)NCCNC1=NCCN1. The maximum Gasteiger partial charge on any atom is 0.312 e. The topological polar surface area (TPSA) is 91.5 Å². The van der Waals surface area contributed by atoms with E-state index in [9.17, 15) is 4.79 Å². The van der Waals surface area contributed by atoms with Gasteiger partial charge in [0.25, 0.3) is 0 Å². The highest BCUT2D eigenvalue weighted by Gasteiger charge is 2.02. The fraction of sp³-hybridized carbons (Fsp3) is 0.667. The predicted octanol–water partition coefficient (Wildman–Crippen LogP) is -1.80. The lowest BCUT2D eigenvalue weighted by Crippen LogP contribution is -2.40. The van der Waals surface area contributed by atoms with E-state index in [4.69, 9.17) is 5.73 Å². The van der Waals surface area contributed by atoms with Crippen LogP contribution in [0.2, 0.25) is 0 Å². The Morgan fingerprint density at radius 3 is 3.08 bits per heavy atom. The van der Waals surface area contributed by atoms with Gasteiger partial charge in [0.1, 0.15) is 0 Å². The maximum atomic E-state index is 10.2. The first kappa shape index (κ1) is 8.63. The minimum Gasteiger partial charge on any atom is -0.355 e. The van der Waals surface area contributed by atoms with Crippen molar-refractivity contribution in [3.05, 3.63) is 0 Å². The van der Waals surface area contributed by atoms with Crippen molar-refractivity contribution in [3.8, 4) is 0 Å². The first-order chi connectivity index (χ1) is 5.79. The number of hydrogen-bond acceptors (Lipinski definition) is 4. The van der Waals surface area contributed by atoms with Crippen LogP contribution in [0.1, 0.15) is 0 Å². The van der Waals surface area contributed by atoms with Gasteiger partial charge in [-0.05, 0) is 0 Å². The average Bonchev–Trinajstić information content (AvgIpc) is 2.49. The van der Waals surface area contributed by atoms with E-state index in [-0.39, 0.29) is 0 Å². The summed E-state index contributed by atoms with van der Waals surface area (Å²) in [5.41, 5.74) is 4.86. The largest absolute Gasteiger partial charge is 0.355 e. The number of carbonyl (C=O) groups excluding carboxylic acids is 1. The number of rotatable bonds is 3. The van der Waals surface area contributed by atoms with Gasteiger partial charge >= 0.3 is 6.03 Å². The number of aliphatic imine (C=N–C) groups is 1. The van der Waals surface area contributed by atoms with Crippen LogP contribution in [0.15, 0.2) is 4.99 Å². The molecule has 0 fully saturated rings. The monoisotopic (exact) mass is 171 g/mol. The number of nitrogens with two attached hydrogens (primary N) is 1. The second-order valence-electron chi connectivity index (χ2n) is 2.37. The molecule has 1 aliphatic rings. The van der Waals surface area contributed by atoms with Crippen molar-refractivity contribution in [2.24, 2.45) is 10.7 Å². The number of nitrogens with one attached hydrogen (secondary N) is 3. The smallest absolute Gasteiger partial charge is 0.312 e. The predicted molar refractivity (Wildman–Crippen MR) is 45.9 cm³/mol. The quantitative estimate of drug-likeness (QED) is 0.378. The molecule has 0 bridgehead atoms. The normalized spacial score (nSPS) is 14.8. The Kier molecular flexibility index (Phi) is 3.18. The molecule has 1 rings (SSSR count). The third-order valence-corrected chi connectivity index (χ3v) is 1.39. The fourth-order valence-electron chi connectivity index (χ4n) is 0.883. The van der Waals surface area contributed by atoms with E-state index < -0.39 is 6.03 Å². The molecule has 68 valence electrons. The Labute approximate surface area is 70.6 Å². The highest BCUT2D eigenvalue weighted by atomic mass is 16.2. The standard InChI is InChI=1S/C6H13N5O/c7-5(12)8-1-2-9-6-10-3-4-11-6/h1-4H2,(H3,7,8,12)(H2,9,10,11). The number of carbonyl (C=O) groups is 1. The zero-order chi connectivity index (χ0) is 8.81. The molecule has 2 amide bonds. The molecule has 0 atom stereocenters. The Bertz CT molecular complexity index is 190. The first-order valence-corrected chi connectivity index (χ1v) is 3.84. The molecule has 0 aromatic heterocycles. The number of primary amides is 1. The first-order valence-electron chi connectivity index (χ1n) is 3.84. The van der Waals surface area contributed by atoms with E-state index >= 15 is 0 Å². The van der Waals surface area contributed by atoms with E-state index in [0.29, 0.717) is 13.1 Å². The van der Waals surface area contributed by atoms with Gasteiger partial charge in [0.15, 0.2) is 5.96 Å². The molecule has 0 spiro atoms. The van der Waals surface area contributed by atoms with Gasteiger partial charge in [0.2, 0.25) is 0 Å². The van der Waals surface area contributed by atoms with Crippen LogP contribution in [0.3, 0.4) is 0 Å². The lowest BCUT2D eigenvalue weighted by Gasteiger charge is -2.05. The molecule has 0 aromatic carbocycles. The van der Waals surface area contributed by atoms with Crippen LogP contribution in [0, 0.1) is 0 Å². The second-order valence-corrected chi connectivity index (χ2v) is 2.37. The zero-order valence-corrected chi connectivity index (χ0v) is 6.76. The molecule has 1 heterocycles. The van der Waals surface area contributed by atoms with Crippen molar-refractivity contribution in [2.75, 3.05) is 26.2 Å². The van der Waals surface area contributed by atoms with Crippen molar-refractivity contribution >= 4 is 12.0 Å². The Morgan fingerprint density at radius 1 is 1.67 bits per heavy atom. The maximum absolute atomic E-state index is 10.2. The molecule has 6 nitrogen and oxygen atoms in total. The van der Waals surface area contributed by atoms with E-state index in [1.807, 2.05) is 0 Å². The zero-order valence-electron chi connectivity index (χ0n) is 6.76. The number of urea groups is 1.